The van der Waals surface area contributed by atoms with Gasteiger partial charge in [-0.05, 0) is 18.6 Å². The first-order valence-electron chi connectivity index (χ1n) is 6.46. The molecular weight excluding hydrogens is 318 g/mol. The van der Waals surface area contributed by atoms with Gasteiger partial charge in [-0.2, -0.15) is 4.31 Å². The van der Waals surface area contributed by atoms with Crippen molar-refractivity contribution < 1.29 is 18.3 Å². The predicted molar refractivity (Wildman–Crippen MR) is 76.7 cm³/mol. The molecule has 1 aliphatic rings. The third-order valence-electron chi connectivity index (χ3n) is 3.25. The van der Waals surface area contributed by atoms with Gasteiger partial charge in [-0.25, -0.2) is 13.4 Å². The fourth-order valence-corrected chi connectivity index (χ4v) is 4.14. The van der Waals surface area contributed by atoms with Gasteiger partial charge in [0.05, 0.1) is 6.54 Å². The molecule has 2 rings (SSSR count). The predicted octanol–water partition coefficient (Wildman–Crippen LogP) is 0.516. The summed E-state index contributed by atoms with van der Waals surface area (Å²) in [6, 6.07) is 2.94. The maximum atomic E-state index is 12.6. The quantitative estimate of drug-likeness (QED) is 0.808. The second kappa shape index (κ2) is 6.69. The number of pyridine rings is 1. The van der Waals surface area contributed by atoms with Crippen LogP contribution in [0.15, 0.2) is 23.2 Å². The number of carboxylic acid groups (broad SMARTS) is 1. The highest BCUT2D eigenvalue weighted by Crippen LogP contribution is 2.23. The highest BCUT2D eigenvalue weighted by molar-refractivity contribution is 7.89. The summed E-state index contributed by atoms with van der Waals surface area (Å²) in [5.41, 5.74) is 0. The molecule has 0 aromatic carbocycles. The van der Waals surface area contributed by atoms with E-state index in [4.69, 9.17) is 16.7 Å². The SMILES string of the molecule is O=C(O)CN1CCCN(S(=O)(=O)c2cccnc2Cl)CC1. The Kier molecular flexibility index (Phi) is 5.15. The summed E-state index contributed by atoms with van der Waals surface area (Å²) < 4.78 is 26.4. The number of aromatic nitrogens is 1. The molecule has 1 N–H and O–H groups in total. The molecular formula is C12H16ClN3O4S. The summed E-state index contributed by atoms with van der Waals surface area (Å²) in [6.45, 7) is 1.43. The molecule has 0 amide bonds. The van der Waals surface area contributed by atoms with Crippen molar-refractivity contribution >= 4 is 27.6 Å². The van der Waals surface area contributed by atoms with E-state index in [1.165, 1.54) is 22.6 Å². The zero-order chi connectivity index (χ0) is 15.5. The van der Waals surface area contributed by atoms with Crippen LogP contribution in [0.4, 0.5) is 0 Å². The molecule has 0 unspecified atom stereocenters. The normalized spacial score (nSPS) is 18.3. The van der Waals surface area contributed by atoms with Crippen LogP contribution in [0.5, 0.6) is 0 Å². The Hall–Kier alpha value is -1.22. The molecule has 1 aromatic heterocycles. The zero-order valence-corrected chi connectivity index (χ0v) is 12.8. The van der Waals surface area contributed by atoms with Crippen LogP contribution in [0.25, 0.3) is 0 Å². The van der Waals surface area contributed by atoms with Crippen LogP contribution in [0, 0.1) is 0 Å². The Balaban J connectivity index is 2.15. The van der Waals surface area contributed by atoms with Gasteiger partial charge < -0.3 is 5.11 Å². The second-order valence-corrected chi connectivity index (χ2v) is 6.98. The number of aliphatic carboxylic acids is 1. The fourth-order valence-electron chi connectivity index (χ4n) is 2.24. The van der Waals surface area contributed by atoms with Crippen LogP contribution in [-0.4, -0.2) is 66.4 Å². The topological polar surface area (TPSA) is 90.8 Å². The first-order chi connectivity index (χ1) is 9.91. The molecule has 7 nitrogen and oxygen atoms in total. The number of rotatable bonds is 4. The average Bonchev–Trinajstić information content (AvgIpc) is 2.64. The van der Waals surface area contributed by atoms with Gasteiger partial charge in [0.25, 0.3) is 0 Å². The van der Waals surface area contributed by atoms with Crippen molar-refractivity contribution in [1.82, 2.24) is 14.2 Å². The van der Waals surface area contributed by atoms with Crippen LogP contribution >= 0.6 is 11.6 Å². The molecule has 0 bridgehead atoms. The Morgan fingerprint density at radius 2 is 2.10 bits per heavy atom. The molecule has 116 valence electrons. The molecule has 9 heteroatoms. The molecule has 1 aromatic rings. The number of halogens is 1. The van der Waals surface area contributed by atoms with Gasteiger partial charge in [-0.1, -0.05) is 11.6 Å². The van der Waals surface area contributed by atoms with E-state index in [0.717, 1.165) is 0 Å². The number of hydrogen-bond acceptors (Lipinski definition) is 5. The van der Waals surface area contributed by atoms with Crippen molar-refractivity contribution in [2.75, 3.05) is 32.7 Å². The lowest BCUT2D eigenvalue weighted by Gasteiger charge is -2.21. The van der Waals surface area contributed by atoms with Gasteiger partial charge in [-0.3, -0.25) is 9.69 Å². The Bertz CT molecular complexity index is 623. The van der Waals surface area contributed by atoms with E-state index in [2.05, 4.69) is 4.98 Å². The number of carbonyl (C=O) groups is 1. The smallest absolute Gasteiger partial charge is 0.317 e. The number of sulfonamides is 1. The summed E-state index contributed by atoms with van der Waals surface area (Å²) in [4.78, 5) is 16.2. The van der Waals surface area contributed by atoms with E-state index in [1.807, 2.05) is 0 Å². The number of hydrogen-bond donors (Lipinski definition) is 1. The van der Waals surface area contributed by atoms with E-state index in [1.54, 1.807) is 4.90 Å². The summed E-state index contributed by atoms with van der Waals surface area (Å²) in [6.07, 6.45) is 2.00. The maximum Gasteiger partial charge on any atom is 0.317 e. The van der Waals surface area contributed by atoms with Crippen molar-refractivity contribution in [3.63, 3.8) is 0 Å². The molecule has 21 heavy (non-hydrogen) atoms. The van der Waals surface area contributed by atoms with Gasteiger partial charge >= 0.3 is 5.97 Å². The lowest BCUT2D eigenvalue weighted by molar-refractivity contribution is -0.138. The van der Waals surface area contributed by atoms with E-state index in [9.17, 15) is 13.2 Å². The standard InChI is InChI=1S/C12H16ClN3O4S/c13-12-10(3-1-4-14-12)21(19,20)16-6-2-5-15(7-8-16)9-11(17)18/h1,3-4H,2,5-9H2,(H,17,18). The monoisotopic (exact) mass is 333 g/mol. The lowest BCUT2D eigenvalue weighted by atomic mass is 10.4. The largest absolute Gasteiger partial charge is 0.480 e. The Morgan fingerprint density at radius 1 is 1.33 bits per heavy atom. The lowest BCUT2D eigenvalue weighted by Crippen LogP contribution is -2.36. The van der Waals surface area contributed by atoms with Crippen molar-refractivity contribution in [2.45, 2.75) is 11.3 Å². The molecule has 0 aliphatic carbocycles. The van der Waals surface area contributed by atoms with E-state index < -0.39 is 16.0 Å². The van der Waals surface area contributed by atoms with Gasteiger partial charge in [0.1, 0.15) is 10.0 Å². The van der Waals surface area contributed by atoms with Gasteiger partial charge in [0.2, 0.25) is 10.0 Å². The number of carboxylic acids is 1. The van der Waals surface area contributed by atoms with E-state index in [0.29, 0.717) is 26.1 Å². The van der Waals surface area contributed by atoms with E-state index >= 15 is 0 Å². The highest BCUT2D eigenvalue weighted by Gasteiger charge is 2.29. The third kappa shape index (κ3) is 3.91. The van der Waals surface area contributed by atoms with Crippen molar-refractivity contribution in [2.24, 2.45) is 0 Å². The molecule has 0 saturated carbocycles. The third-order valence-corrected chi connectivity index (χ3v) is 5.59. The van der Waals surface area contributed by atoms with Gasteiger partial charge in [0.15, 0.2) is 0 Å². The first kappa shape index (κ1) is 16.2. The van der Waals surface area contributed by atoms with E-state index in [-0.39, 0.29) is 23.1 Å². The Morgan fingerprint density at radius 3 is 2.76 bits per heavy atom. The van der Waals surface area contributed by atoms with Crippen LogP contribution in [0.2, 0.25) is 5.15 Å². The minimum Gasteiger partial charge on any atom is -0.480 e. The summed E-state index contributed by atoms with van der Waals surface area (Å²) in [7, 11) is -3.70. The van der Waals surface area contributed by atoms with Crippen LogP contribution in [0.1, 0.15) is 6.42 Å². The molecule has 0 atom stereocenters. The summed E-state index contributed by atoms with van der Waals surface area (Å²) in [5.74, 6) is -0.915. The summed E-state index contributed by atoms with van der Waals surface area (Å²) in [5, 5.41) is 8.75. The van der Waals surface area contributed by atoms with Crippen LogP contribution in [0.3, 0.4) is 0 Å². The zero-order valence-electron chi connectivity index (χ0n) is 11.3. The number of nitrogens with zero attached hydrogens (tertiary/aromatic N) is 3. The van der Waals surface area contributed by atoms with Crippen LogP contribution in [-0.2, 0) is 14.8 Å². The second-order valence-electron chi connectivity index (χ2n) is 4.72. The van der Waals surface area contributed by atoms with Crippen molar-refractivity contribution in [3.8, 4) is 0 Å². The Labute approximate surface area is 128 Å². The fraction of sp³-hybridized carbons (Fsp3) is 0.500. The maximum absolute atomic E-state index is 12.6. The molecule has 0 spiro atoms. The molecule has 1 saturated heterocycles. The average molecular weight is 334 g/mol. The van der Waals surface area contributed by atoms with Gasteiger partial charge in [-0.15, -0.1) is 0 Å². The minimum atomic E-state index is -3.70. The minimum absolute atomic E-state index is 0.0154. The molecule has 0 radical (unpaired) electrons. The van der Waals surface area contributed by atoms with Crippen LogP contribution < -0.4 is 0 Å². The first-order valence-corrected chi connectivity index (χ1v) is 8.28. The molecule has 2 heterocycles. The molecule has 1 aliphatic heterocycles. The van der Waals surface area contributed by atoms with Gasteiger partial charge in [0, 0.05) is 32.4 Å². The van der Waals surface area contributed by atoms with Crippen molar-refractivity contribution in [1.29, 1.82) is 0 Å². The van der Waals surface area contributed by atoms with Crippen molar-refractivity contribution in [3.05, 3.63) is 23.5 Å². The highest BCUT2D eigenvalue weighted by atomic mass is 35.5. The molecule has 1 fully saturated rings. The summed E-state index contributed by atoms with van der Waals surface area (Å²) >= 11 is 5.86.